The van der Waals surface area contributed by atoms with E-state index < -0.39 is 11.9 Å². The van der Waals surface area contributed by atoms with Crippen LogP contribution in [0.1, 0.15) is 32.1 Å². The van der Waals surface area contributed by atoms with Crippen LogP contribution in [0.25, 0.3) is 0 Å². The van der Waals surface area contributed by atoms with Gasteiger partial charge in [0.1, 0.15) is 0 Å². The van der Waals surface area contributed by atoms with E-state index >= 15 is 0 Å². The number of aromatic nitrogens is 4. The predicted molar refractivity (Wildman–Crippen MR) is 101 cm³/mol. The first-order chi connectivity index (χ1) is 12.8. The molecule has 0 bridgehead atoms. The molecule has 0 unspecified atom stereocenters. The molecule has 0 saturated heterocycles. The van der Waals surface area contributed by atoms with Gasteiger partial charge in [0.2, 0.25) is 0 Å². The zero-order valence-electron chi connectivity index (χ0n) is 14.4. The Morgan fingerprint density at radius 3 is 2.63 bits per heavy atom. The summed E-state index contributed by atoms with van der Waals surface area (Å²) >= 11 is 12.0. The minimum absolute atomic E-state index is 0.0401. The van der Waals surface area contributed by atoms with Gasteiger partial charge in [-0.2, -0.15) is 10.2 Å². The Bertz CT molecular complexity index is 1040. The second-order valence-corrected chi connectivity index (χ2v) is 6.68. The van der Waals surface area contributed by atoms with Gasteiger partial charge in [0.25, 0.3) is 5.91 Å². The van der Waals surface area contributed by atoms with Gasteiger partial charge in [-0.05, 0) is 24.6 Å². The van der Waals surface area contributed by atoms with E-state index in [0.717, 1.165) is 15.9 Å². The van der Waals surface area contributed by atoms with Crippen molar-refractivity contribution in [1.29, 1.82) is 0 Å². The van der Waals surface area contributed by atoms with Gasteiger partial charge in [0.05, 0.1) is 28.4 Å². The van der Waals surface area contributed by atoms with Crippen LogP contribution in [0.15, 0.2) is 30.5 Å². The summed E-state index contributed by atoms with van der Waals surface area (Å²) in [6.07, 6.45) is 1.21. The maximum atomic E-state index is 12.4. The topological polar surface area (TPSA) is 102 Å². The Labute approximate surface area is 164 Å². The molecule has 3 rings (SSSR count). The number of nitrogens with zero attached hydrogens (tertiary/aromatic N) is 4. The first-order valence-corrected chi connectivity index (χ1v) is 8.57. The molecule has 1 amide bonds. The molecular formula is C17H15Cl2N5O3. The average molecular weight is 408 g/mol. The molecule has 2 aromatic heterocycles. The second-order valence-electron chi connectivity index (χ2n) is 5.87. The SMILES string of the molecule is Cc1cc(NC(=O)c2cnn(C)c2C(=O)O)nn1Cc1ccc(Cl)c(Cl)c1. The van der Waals surface area contributed by atoms with Crippen LogP contribution in [-0.4, -0.2) is 36.5 Å². The summed E-state index contributed by atoms with van der Waals surface area (Å²) in [7, 11) is 1.45. The van der Waals surface area contributed by atoms with Crippen molar-refractivity contribution in [2.45, 2.75) is 13.5 Å². The van der Waals surface area contributed by atoms with Crippen molar-refractivity contribution in [3.63, 3.8) is 0 Å². The molecule has 8 nitrogen and oxygen atoms in total. The average Bonchev–Trinajstić information content (AvgIpc) is 3.14. The van der Waals surface area contributed by atoms with Gasteiger partial charge in [-0.25, -0.2) is 4.79 Å². The fourth-order valence-corrected chi connectivity index (χ4v) is 2.90. The highest BCUT2D eigenvalue weighted by Crippen LogP contribution is 2.23. The lowest BCUT2D eigenvalue weighted by Gasteiger charge is -2.06. The fourth-order valence-electron chi connectivity index (χ4n) is 2.58. The van der Waals surface area contributed by atoms with E-state index in [1.165, 1.54) is 13.2 Å². The molecule has 2 heterocycles. The van der Waals surface area contributed by atoms with E-state index in [0.29, 0.717) is 22.4 Å². The number of amides is 1. The van der Waals surface area contributed by atoms with Crippen molar-refractivity contribution in [3.05, 3.63) is 63.0 Å². The summed E-state index contributed by atoms with van der Waals surface area (Å²) in [5.41, 5.74) is 1.47. The fraction of sp³-hybridized carbons (Fsp3) is 0.176. The normalized spacial score (nSPS) is 10.8. The number of benzene rings is 1. The summed E-state index contributed by atoms with van der Waals surface area (Å²) in [5, 5.41) is 20.9. The van der Waals surface area contributed by atoms with Crippen LogP contribution in [0.4, 0.5) is 5.82 Å². The molecule has 2 N–H and O–H groups in total. The van der Waals surface area contributed by atoms with Crippen LogP contribution >= 0.6 is 23.2 Å². The maximum Gasteiger partial charge on any atom is 0.354 e. The number of aromatic carboxylic acids is 1. The highest BCUT2D eigenvalue weighted by molar-refractivity contribution is 6.42. The van der Waals surface area contributed by atoms with Crippen LogP contribution in [0.2, 0.25) is 10.0 Å². The number of hydrogen-bond acceptors (Lipinski definition) is 4. The molecule has 3 aromatic rings. The van der Waals surface area contributed by atoms with Crippen LogP contribution in [0.3, 0.4) is 0 Å². The van der Waals surface area contributed by atoms with E-state index in [2.05, 4.69) is 15.5 Å². The number of carboxylic acids is 1. The highest BCUT2D eigenvalue weighted by atomic mass is 35.5. The molecule has 27 heavy (non-hydrogen) atoms. The standard InChI is InChI=1S/C17H15Cl2N5O3/c1-9-5-14(21-16(25)11-7-20-23(2)15(11)17(26)27)22-24(9)8-10-3-4-12(18)13(19)6-10/h3-7H,8H2,1-2H3,(H,26,27)(H,21,22,25). The molecule has 0 aliphatic rings. The van der Waals surface area contributed by atoms with E-state index in [1.54, 1.807) is 22.9 Å². The number of nitrogens with one attached hydrogen (secondary N) is 1. The summed E-state index contributed by atoms with van der Waals surface area (Å²) in [6, 6.07) is 6.98. The van der Waals surface area contributed by atoms with E-state index in [-0.39, 0.29) is 11.3 Å². The molecule has 140 valence electrons. The summed E-state index contributed by atoms with van der Waals surface area (Å²) < 4.78 is 2.82. The van der Waals surface area contributed by atoms with Gasteiger partial charge in [0.15, 0.2) is 11.5 Å². The van der Waals surface area contributed by atoms with Crippen molar-refractivity contribution < 1.29 is 14.7 Å². The molecule has 0 saturated carbocycles. The lowest BCUT2D eigenvalue weighted by Crippen LogP contribution is -2.17. The summed E-state index contributed by atoms with van der Waals surface area (Å²) in [5.74, 6) is -1.53. The number of halogens is 2. The largest absolute Gasteiger partial charge is 0.477 e. The third kappa shape index (κ3) is 3.96. The second kappa shape index (κ2) is 7.42. The van der Waals surface area contributed by atoms with Gasteiger partial charge in [-0.1, -0.05) is 29.3 Å². The van der Waals surface area contributed by atoms with Crippen molar-refractivity contribution in [2.75, 3.05) is 5.32 Å². The highest BCUT2D eigenvalue weighted by Gasteiger charge is 2.22. The Hall–Kier alpha value is -2.84. The number of hydrogen-bond donors (Lipinski definition) is 2. The van der Waals surface area contributed by atoms with E-state index in [9.17, 15) is 14.7 Å². The molecule has 0 radical (unpaired) electrons. The lowest BCUT2D eigenvalue weighted by atomic mass is 10.2. The zero-order valence-corrected chi connectivity index (χ0v) is 15.9. The van der Waals surface area contributed by atoms with Gasteiger partial charge in [-0.3, -0.25) is 14.2 Å². The molecule has 1 aromatic carbocycles. The Balaban J connectivity index is 1.79. The lowest BCUT2D eigenvalue weighted by molar-refractivity contribution is 0.0680. The Morgan fingerprint density at radius 2 is 1.96 bits per heavy atom. The summed E-state index contributed by atoms with van der Waals surface area (Å²) in [4.78, 5) is 23.7. The monoisotopic (exact) mass is 407 g/mol. The molecule has 0 aliphatic heterocycles. The minimum atomic E-state index is -1.23. The number of aryl methyl sites for hydroxylation is 2. The number of carbonyl (C=O) groups excluding carboxylic acids is 1. The maximum absolute atomic E-state index is 12.4. The third-order valence-electron chi connectivity index (χ3n) is 3.93. The van der Waals surface area contributed by atoms with Crippen molar-refractivity contribution >= 4 is 40.9 Å². The molecule has 0 aliphatic carbocycles. The smallest absolute Gasteiger partial charge is 0.354 e. The van der Waals surface area contributed by atoms with E-state index in [1.807, 2.05) is 13.0 Å². The van der Waals surface area contributed by atoms with Crippen LogP contribution in [0, 0.1) is 6.92 Å². The molecule has 0 atom stereocenters. The molecule has 0 spiro atoms. The van der Waals surface area contributed by atoms with Gasteiger partial charge in [0, 0.05) is 18.8 Å². The molecule has 10 heteroatoms. The Morgan fingerprint density at radius 1 is 1.22 bits per heavy atom. The number of carbonyl (C=O) groups is 2. The van der Waals surface area contributed by atoms with Gasteiger partial charge < -0.3 is 10.4 Å². The number of rotatable bonds is 5. The zero-order chi connectivity index (χ0) is 19.7. The quantitative estimate of drug-likeness (QED) is 0.675. The Kier molecular flexibility index (Phi) is 5.20. The van der Waals surface area contributed by atoms with Gasteiger partial charge in [-0.15, -0.1) is 0 Å². The first-order valence-electron chi connectivity index (χ1n) is 7.81. The molecular weight excluding hydrogens is 393 g/mol. The van der Waals surface area contributed by atoms with Crippen LogP contribution < -0.4 is 5.32 Å². The third-order valence-corrected chi connectivity index (χ3v) is 4.66. The molecule has 0 fully saturated rings. The predicted octanol–water partition coefficient (Wildman–Crippen LogP) is 3.23. The first kappa shape index (κ1) is 18.9. The van der Waals surface area contributed by atoms with E-state index in [4.69, 9.17) is 23.2 Å². The van der Waals surface area contributed by atoms with Crippen molar-refractivity contribution in [3.8, 4) is 0 Å². The van der Waals surface area contributed by atoms with Crippen molar-refractivity contribution in [1.82, 2.24) is 19.6 Å². The van der Waals surface area contributed by atoms with Gasteiger partial charge >= 0.3 is 5.97 Å². The van der Waals surface area contributed by atoms with Crippen LogP contribution in [-0.2, 0) is 13.6 Å². The summed E-state index contributed by atoms with van der Waals surface area (Å²) in [6.45, 7) is 2.28. The number of anilines is 1. The number of carboxylic acid groups (broad SMARTS) is 1. The van der Waals surface area contributed by atoms with Crippen LogP contribution in [0.5, 0.6) is 0 Å². The van der Waals surface area contributed by atoms with Crippen molar-refractivity contribution in [2.24, 2.45) is 7.05 Å². The minimum Gasteiger partial charge on any atom is -0.477 e.